The van der Waals surface area contributed by atoms with Crippen LogP contribution < -0.4 is 0 Å². The SMILES string of the molecule is [2H]c1nc2c(-c3ccccc3)c(O)ccc2s1. The largest absolute Gasteiger partial charge is 0.507 e. The first kappa shape index (κ1) is 8.30. The molecule has 0 radical (unpaired) electrons. The average molecular weight is 228 g/mol. The quantitative estimate of drug-likeness (QED) is 0.689. The molecule has 0 amide bonds. The van der Waals surface area contributed by atoms with Crippen molar-refractivity contribution in [1.29, 1.82) is 0 Å². The highest BCUT2D eigenvalue weighted by atomic mass is 32.1. The Kier molecular flexibility index (Phi) is 1.87. The Morgan fingerprint density at radius 3 is 2.75 bits per heavy atom. The van der Waals surface area contributed by atoms with E-state index in [1.54, 1.807) is 12.1 Å². The summed E-state index contributed by atoms with van der Waals surface area (Å²) in [6, 6.07) is 13.1. The summed E-state index contributed by atoms with van der Waals surface area (Å²) in [7, 11) is 0. The van der Waals surface area contributed by atoms with Crippen LogP contribution in [0.2, 0.25) is 0 Å². The zero-order chi connectivity index (χ0) is 11.8. The Morgan fingerprint density at radius 1 is 1.12 bits per heavy atom. The molecule has 0 aliphatic rings. The average Bonchev–Trinajstić information content (AvgIpc) is 2.70. The molecule has 1 aromatic heterocycles. The highest BCUT2D eigenvalue weighted by Gasteiger charge is 2.10. The molecule has 3 aromatic rings. The Balaban J connectivity index is 2.38. The third-order valence-electron chi connectivity index (χ3n) is 2.49. The van der Waals surface area contributed by atoms with Crippen LogP contribution in [0.3, 0.4) is 0 Å². The summed E-state index contributed by atoms with van der Waals surface area (Å²) >= 11 is 1.31. The van der Waals surface area contributed by atoms with Gasteiger partial charge in [0.1, 0.15) is 5.75 Å². The van der Waals surface area contributed by atoms with E-state index in [1.807, 2.05) is 30.3 Å². The highest BCUT2D eigenvalue weighted by Crippen LogP contribution is 2.36. The van der Waals surface area contributed by atoms with Crippen LogP contribution in [0, 0.1) is 0 Å². The van der Waals surface area contributed by atoms with Crippen molar-refractivity contribution in [1.82, 2.24) is 4.98 Å². The van der Waals surface area contributed by atoms with E-state index in [-0.39, 0.29) is 11.2 Å². The molecule has 0 bridgehead atoms. The van der Waals surface area contributed by atoms with Gasteiger partial charge < -0.3 is 5.11 Å². The van der Waals surface area contributed by atoms with Crippen LogP contribution >= 0.6 is 11.3 Å². The number of benzene rings is 2. The van der Waals surface area contributed by atoms with Gasteiger partial charge in [-0.1, -0.05) is 30.3 Å². The van der Waals surface area contributed by atoms with E-state index in [0.29, 0.717) is 11.1 Å². The molecule has 0 aliphatic heterocycles. The predicted octanol–water partition coefficient (Wildman–Crippen LogP) is 3.67. The first-order valence-electron chi connectivity index (χ1n) is 5.40. The van der Waals surface area contributed by atoms with Gasteiger partial charge in [-0.05, 0) is 17.7 Å². The molecule has 0 atom stereocenters. The summed E-state index contributed by atoms with van der Waals surface area (Å²) in [6.07, 6.45) is 0. The highest BCUT2D eigenvalue weighted by molar-refractivity contribution is 7.16. The van der Waals surface area contributed by atoms with E-state index in [4.69, 9.17) is 1.37 Å². The number of hydrogen-bond donors (Lipinski definition) is 1. The molecule has 2 nitrogen and oxygen atoms in total. The van der Waals surface area contributed by atoms with Crippen molar-refractivity contribution in [2.75, 3.05) is 0 Å². The maximum atomic E-state index is 9.97. The van der Waals surface area contributed by atoms with E-state index >= 15 is 0 Å². The summed E-state index contributed by atoms with van der Waals surface area (Å²) in [5, 5.41) is 9.97. The minimum Gasteiger partial charge on any atom is -0.507 e. The van der Waals surface area contributed by atoms with Crippen LogP contribution in [0.25, 0.3) is 21.3 Å². The van der Waals surface area contributed by atoms with Gasteiger partial charge >= 0.3 is 0 Å². The number of nitrogens with zero attached hydrogens (tertiary/aromatic N) is 1. The molecular weight excluding hydrogens is 218 g/mol. The summed E-state index contributed by atoms with van der Waals surface area (Å²) in [5.74, 6) is 0.203. The number of thiazole rings is 1. The van der Waals surface area contributed by atoms with Crippen LogP contribution in [-0.2, 0) is 0 Å². The van der Waals surface area contributed by atoms with Gasteiger partial charge in [0.15, 0.2) is 0 Å². The van der Waals surface area contributed by atoms with Crippen molar-refractivity contribution in [2.45, 2.75) is 0 Å². The van der Waals surface area contributed by atoms with E-state index in [9.17, 15) is 5.11 Å². The molecule has 1 N–H and O–H groups in total. The molecule has 2 aromatic carbocycles. The number of hydrogen-bond acceptors (Lipinski definition) is 3. The maximum Gasteiger partial charge on any atom is 0.125 e. The molecule has 3 heteroatoms. The van der Waals surface area contributed by atoms with E-state index in [1.165, 1.54) is 11.3 Å². The van der Waals surface area contributed by atoms with Crippen molar-refractivity contribution in [3.05, 3.63) is 48.0 Å². The number of aromatic hydroxyl groups is 1. The van der Waals surface area contributed by atoms with Gasteiger partial charge in [-0.3, -0.25) is 0 Å². The second-order valence-corrected chi connectivity index (χ2v) is 4.30. The van der Waals surface area contributed by atoms with Crippen molar-refractivity contribution < 1.29 is 6.48 Å². The lowest BCUT2D eigenvalue weighted by atomic mass is 10.0. The van der Waals surface area contributed by atoms with Gasteiger partial charge in [0, 0.05) is 0 Å². The van der Waals surface area contributed by atoms with Gasteiger partial charge in [-0.2, -0.15) is 0 Å². The second kappa shape index (κ2) is 3.61. The summed E-state index contributed by atoms with van der Waals surface area (Å²) in [4.78, 5) is 4.18. The standard InChI is InChI=1S/C13H9NOS/c15-10-6-7-11-13(14-8-16-11)12(10)9-4-2-1-3-5-9/h1-8,15H/i8D. The Labute approximate surface area is 98.2 Å². The number of aromatic nitrogens is 1. The van der Waals surface area contributed by atoms with E-state index < -0.39 is 0 Å². The van der Waals surface area contributed by atoms with Crippen molar-refractivity contribution >= 4 is 21.6 Å². The van der Waals surface area contributed by atoms with Gasteiger partial charge in [-0.25, -0.2) is 4.98 Å². The van der Waals surface area contributed by atoms with Crippen molar-refractivity contribution in [3.63, 3.8) is 0 Å². The monoisotopic (exact) mass is 228 g/mol. The molecule has 3 rings (SSSR count). The summed E-state index contributed by atoms with van der Waals surface area (Å²) in [5.41, 5.74) is 2.59. The molecule has 78 valence electrons. The number of fused-ring (bicyclic) bond motifs is 1. The molecule has 0 fully saturated rings. The first-order valence-corrected chi connectivity index (χ1v) is 5.72. The lowest BCUT2D eigenvalue weighted by Gasteiger charge is -2.05. The minimum absolute atomic E-state index is 0.203. The van der Waals surface area contributed by atoms with E-state index in [0.717, 1.165) is 10.3 Å². The third kappa shape index (κ3) is 1.37. The topological polar surface area (TPSA) is 33.1 Å². The summed E-state index contributed by atoms with van der Waals surface area (Å²) < 4.78 is 8.50. The molecule has 0 aliphatic carbocycles. The van der Waals surface area contributed by atoms with Gasteiger partial charge in [0.2, 0.25) is 0 Å². The minimum atomic E-state index is 0.203. The maximum absolute atomic E-state index is 9.97. The zero-order valence-electron chi connectivity index (χ0n) is 9.34. The Bertz CT molecular complexity index is 678. The van der Waals surface area contributed by atoms with Gasteiger partial charge in [-0.15, -0.1) is 11.3 Å². The molecule has 16 heavy (non-hydrogen) atoms. The fourth-order valence-corrected chi connectivity index (χ4v) is 2.38. The third-order valence-corrected chi connectivity index (χ3v) is 3.23. The lowest BCUT2D eigenvalue weighted by Crippen LogP contribution is -1.81. The van der Waals surface area contributed by atoms with Crippen LogP contribution in [0.15, 0.2) is 48.0 Å². The molecular formula is C13H9NOS. The fourth-order valence-electron chi connectivity index (χ4n) is 1.76. The fraction of sp³-hybridized carbons (Fsp3) is 0. The van der Waals surface area contributed by atoms with Crippen LogP contribution in [0.4, 0.5) is 0 Å². The second-order valence-electron chi connectivity index (χ2n) is 3.48. The van der Waals surface area contributed by atoms with Crippen molar-refractivity contribution in [2.24, 2.45) is 0 Å². The molecule has 0 unspecified atom stereocenters. The van der Waals surface area contributed by atoms with Gasteiger partial charge in [0.05, 0.1) is 22.6 Å². The number of phenolic OH excluding ortho intramolecular Hbond substituents is 1. The molecule has 0 spiro atoms. The first-order chi connectivity index (χ1) is 8.25. The zero-order valence-corrected chi connectivity index (χ0v) is 9.16. The predicted molar refractivity (Wildman–Crippen MR) is 66.7 cm³/mol. The molecule has 0 saturated carbocycles. The summed E-state index contributed by atoms with van der Waals surface area (Å²) in [6.45, 7) is 0. The van der Waals surface area contributed by atoms with Gasteiger partial charge in [0.25, 0.3) is 0 Å². The normalized spacial score (nSPS) is 11.6. The molecule has 1 heterocycles. The van der Waals surface area contributed by atoms with Crippen LogP contribution in [-0.4, -0.2) is 10.1 Å². The molecule has 0 saturated heterocycles. The Morgan fingerprint density at radius 2 is 1.94 bits per heavy atom. The smallest absolute Gasteiger partial charge is 0.125 e. The number of rotatable bonds is 1. The number of phenols is 1. The van der Waals surface area contributed by atoms with Crippen molar-refractivity contribution in [3.8, 4) is 16.9 Å². The van der Waals surface area contributed by atoms with Crippen LogP contribution in [0.5, 0.6) is 5.75 Å². The lowest BCUT2D eigenvalue weighted by molar-refractivity contribution is 0.478. The Hall–Kier alpha value is -1.87. The van der Waals surface area contributed by atoms with E-state index in [2.05, 4.69) is 4.98 Å². The van der Waals surface area contributed by atoms with Crippen LogP contribution in [0.1, 0.15) is 1.37 Å².